The van der Waals surface area contributed by atoms with E-state index in [1.165, 1.54) is 12.1 Å². The van der Waals surface area contributed by atoms with Crippen LogP contribution in [0.5, 0.6) is 0 Å². The fourth-order valence-electron chi connectivity index (χ4n) is 2.83. The lowest BCUT2D eigenvalue weighted by Gasteiger charge is -2.22. The zero-order valence-electron chi connectivity index (χ0n) is 16.1. The lowest BCUT2D eigenvalue weighted by Crippen LogP contribution is -2.41. The topological polar surface area (TPSA) is 48.9 Å². The molecule has 0 bridgehead atoms. The molecule has 146 valence electrons. The quantitative estimate of drug-likeness (QED) is 0.574. The molecule has 0 aliphatic carbocycles. The molecule has 1 aromatic rings. The summed E-state index contributed by atoms with van der Waals surface area (Å²) < 4.78 is 31.9. The van der Waals surface area contributed by atoms with Crippen molar-refractivity contribution in [2.24, 2.45) is 10.9 Å². The Kier molecular flexibility index (Phi) is 7.20. The second-order valence-corrected chi connectivity index (χ2v) is 7.24. The molecule has 1 atom stereocenters. The Labute approximate surface area is 154 Å². The van der Waals surface area contributed by atoms with Gasteiger partial charge in [-0.2, -0.15) is 0 Å². The van der Waals surface area contributed by atoms with Crippen molar-refractivity contribution in [1.29, 1.82) is 0 Å². The van der Waals surface area contributed by atoms with E-state index < -0.39 is 11.6 Å². The van der Waals surface area contributed by atoms with Crippen molar-refractivity contribution in [3.05, 3.63) is 29.8 Å². The minimum Gasteiger partial charge on any atom is -0.377 e. The molecular weight excluding hydrogens is 338 g/mol. The lowest BCUT2D eigenvalue weighted by atomic mass is 10.1. The molecule has 1 aliphatic rings. The molecule has 1 heterocycles. The summed E-state index contributed by atoms with van der Waals surface area (Å²) in [6.07, 6.45) is 0.995. The molecule has 0 saturated carbocycles. The number of nitrogens with zero attached hydrogens (tertiary/aromatic N) is 2. The molecular formula is C19H30F2N4O. The van der Waals surface area contributed by atoms with Crippen LogP contribution in [0.2, 0.25) is 0 Å². The van der Waals surface area contributed by atoms with Gasteiger partial charge in [0.05, 0.1) is 12.1 Å². The van der Waals surface area contributed by atoms with Crippen LogP contribution in [-0.2, 0) is 4.74 Å². The van der Waals surface area contributed by atoms with Crippen LogP contribution >= 0.6 is 0 Å². The van der Waals surface area contributed by atoms with Gasteiger partial charge in [-0.3, -0.25) is 4.99 Å². The Balaban J connectivity index is 1.88. The molecule has 1 unspecified atom stereocenters. The van der Waals surface area contributed by atoms with Crippen LogP contribution in [0.4, 0.5) is 14.5 Å². The largest absolute Gasteiger partial charge is 0.377 e. The van der Waals surface area contributed by atoms with Crippen molar-refractivity contribution in [1.82, 2.24) is 10.6 Å². The summed E-state index contributed by atoms with van der Waals surface area (Å²) in [5.41, 5.74) is 0.424. The van der Waals surface area contributed by atoms with Gasteiger partial charge in [-0.05, 0) is 45.2 Å². The summed E-state index contributed by atoms with van der Waals surface area (Å²) in [6.45, 7) is 9.78. The first-order chi connectivity index (χ1) is 12.3. The highest BCUT2D eigenvalue weighted by atomic mass is 19.2. The number of anilines is 1. The summed E-state index contributed by atoms with van der Waals surface area (Å²) in [5, 5.41) is 6.61. The Morgan fingerprint density at radius 1 is 1.31 bits per heavy atom. The number of halogens is 2. The Morgan fingerprint density at radius 2 is 2.08 bits per heavy atom. The van der Waals surface area contributed by atoms with Crippen molar-refractivity contribution in [3.8, 4) is 0 Å². The monoisotopic (exact) mass is 368 g/mol. The van der Waals surface area contributed by atoms with Crippen molar-refractivity contribution < 1.29 is 13.5 Å². The third-order valence-electron chi connectivity index (χ3n) is 4.63. The van der Waals surface area contributed by atoms with Gasteiger partial charge in [0, 0.05) is 45.0 Å². The molecule has 26 heavy (non-hydrogen) atoms. The lowest BCUT2D eigenvalue weighted by molar-refractivity contribution is 0.0310. The van der Waals surface area contributed by atoms with Crippen LogP contribution in [0, 0.1) is 17.6 Å². The van der Waals surface area contributed by atoms with Gasteiger partial charge < -0.3 is 20.3 Å². The molecule has 0 radical (unpaired) electrons. The van der Waals surface area contributed by atoms with Crippen LogP contribution in [0.3, 0.4) is 0 Å². The summed E-state index contributed by atoms with van der Waals surface area (Å²) >= 11 is 0. The second-order valence-electron chi connectivity index (χ2n) is 7.24. The molecule has 7 heteroatoms. The summed E-state index contributed by atoms with van der Waals surface area (Å²) in [6, 6.07) is 4.08. The molecule has 0 spiro atoms. The third-order valence-corrected chi connectivity index (χ3v) is 4.63. The normalized spacial score (nSPS) is 18.3. The Morgan fingerprint density at radius 3 is 2.73 bits per heavy atom. The van der Waals surface area contributed by atoms with Gasteiger partial charge in [0.25, 0.3) is 0 Å². The predicted molar refractivity (Wildman–Crippen MR) is 102 cm³/mol. The number of ether oxygens (including phenoxy) is 1. The van der Waals surface area contributed by atoms with E-state index >= 15 is 0 Å². The summed E-state index contributed by atoms with van der Waals surface area (Å²) in [4.78, 5) is 6.67. The molecule has 1 fully saturated rings. The van der Waals surface area contributed by atoms with E-state index in [9.17, 15) is 8.78 Å². The van der Waals surface area contributed by atoms with Gasteiger partial charge in [0.1, 0.15) is 0 Å². The molecule has 1 aliphatic heterocycles. The van der Waals surface area contributed by atoms with E-state index in [1.54, 1.807) is 13.2 Å². The van der Waals surface area contributed by atoms with E-state index in [0.717, 1.165) is 44.2 Å². The van der Waals surface area contributed by atoms with Crippen LogP contribution in [-0.4, -0.2) is 51.4 Å². The summed E-state index contributed by atoms with van der Waals surface area (Å²) in [7, 11) is 1.68. The maximum atomic E-state index is 13.4. The maximum absolute atomic E-state index is 13.4. The Hall–Kier alpha value is -1.89. The number of benzene rings is 1. The third kappa shape index (κ3) is 5.83. The van der Waals surface area contributed by atoms with Crippen LogP contribution in [0.1, 0.15) is 27.2 Å². The number of methoxy groups -OCH3 is 1. The number of nitrogens with one attached hydrogen (secondary N) is 2. The van der Waals surface area contributed by atoms with Crippen molar-refractivity contribution in [3.63, 3.8) is 0 Å². The molecule has 1 aromatic carbocycles. The Bertz CT molecular complexity index is 622. The predicted octanol–water partition coefficient (Wildman–Crippen LogP) is 2.77. The van der Waals surface area contributed by atoms with Crippen molar-refractivity contribution in [2.75, 3.05) is 44.7 Å². The number of aliphatic imine (C=N–C) groups is 1. The van der Waals surface area contributed by atoms with Gasteiger partial charge in [-0.25, -0.2) is 8.78 Å². The maximum Gasteiger partial charge on any atom is 0.191 e. The minimum atomic E-state index is -0.809. The highest BCUT2D eigenvalue weighted by molar-refractivity contribution is 5.79. The average Bonchev–Trinajstić information content (AvgIpc) is 3.09. The highest BCUT2D eigenvalue weighted by Crippen LogP contribution is 2.25. The zero-order chi connectivity index (χ0) is 19.2. The first-order valence-corrected chi connectivity index (χ1v) is 9.12. The molecule has 0 amide bonds. The van der Waals surface area contributed by atoms with Gasteiger partial charge >= 0.3 is 0 Å². The molecule has 1 saturated heterocycles. The number of hydrogen-bond donors (Lipinski definition) is 2. The van der Waals surface area contributed by atoms with Crippen LogP contribution in [0.25, 0.3) is 0 Å². The van der Waals surface area contributed by atoms with Gasteiger partial charge in [0.15, 0.2) is 17.6 Å². The number of hydrogen-bond acceptors (Lipinski definition) is 3. The van der Waals surface area contributed by atoms with E-state index in [2.05, 4.69) is 20.5 Å². The minimum absolute atomic E-state index is 0.306. The van der Waals surface area contributed by atoms with Crippen molar-refractivity contribution >= 4 is 11.6 Å². The smallest absolute Gasteiger partial charge is 0.191 e. The highest BCUT2D eigenvalue weighted by Gasteiger charge is 2.24. The fraction of sp³-hybridized carbons (Fsp3) is 0.632. The average molecular weight is 368 g/mol. The second kappa shape index (κ2) is 9.16. The molecule has 2 rings (SSSR count). The summed E-state index contributed by atoms with van der Waals surface area (Å²) in [5.74, 6) is -0.422. The van der Waals surface area contributed by atoms with Crippen LogP contribution in [0.15, 0.2) is 23.2 Å². The molecule has 5 nitrogen and oxygen atoms in total. The standard InChI is InChI=1S/C19H30F2N4O/c1-5-22-18(24-13-19(2,3)26-4)23-11-14-8-9-25(12-14)15-6-7-16(20)17(21)10-15/h6-7,10,14H,5,8-9,11-13H2,1-4H3,(H2,22,23,24). The van der Waals surface area contributed by atoms with E-state index in [0.29, 0.717) is 12.5 Å². The SMILES string of the molecule is CCNC(=NCC(C)(C)OC)NCC1CCN(c2ccc(F)c(F)c2)C1. The van der Waals surface area contributed by atoms with Gasteiger partial charge in [-0.1, -0.05) is 0 Å². The van der Waals surface area contributed by atoms with E-state index in [-0.39, 0.29) is 5.60 Å². The van der Waals surface area contributed by atoms with Gasteiger partial charge in [0.2, 0.25) is 0 Å². The molecule has 2 N–H and O–H groups in total. The first-order valence-electron chi connectivity index (χ1n) is 9.12. The van der Waals surface area contributed by atoms with Crippen LogP contribution < -0.4 is 15.5 Å². The number of guanidine groups is 1. The molecule has 0 aromatic heterocycles. The number of rotatable bonds is 7. The van der Waals surface area contributed by atoms with E-state index in [1.807, 2.05) is 20.8 Å². The van der Waals surface area contributed by atoms with Gasteiger partial charge in [-0.15, -0.1) is 0 Å². The zero-order valence-corrected chi connectivity index (χ0v) is 16.1. The first kappa shape index (κ1) is 20.4. The van der Waals surface area contributed by atoms with Crippen molar-refractivity contribution in [2.45, 2.75) is 32.8 Å². The fourth-order valence-corrected chi connectivity index (χ4v) is 2.83. The van der Waals surface area contributed by atoms with E-state index in [4.69, 9.17) is 4.74 Å².